The fourth-order valence-electron chi connectivity index (χ4n) is 4.98. The summed E-state index contributed by atoms with van der Waals surface area (Å²) in [4.78, 5) is 26.9. The van der Waals surface area contributed by atoms with Crippen molar-refractivity contribution in [2.24, 2.45) is 14.1 Å². The first-order valence-electron chi connectivity index (χ1n) is 12.4. The number of sulfonamides is 1. The molecule has 0 bridgehead atoms. The molecule has 13 heteroatoms. The lowest BCUT2D eigenvalue weighted by molar-refractivity contribution is 0.272. The van der Waals surface area contributed by atoms with E-state index in [9.17, 15) is 13.2 Å². The molecule has 194 valence electrons. The Balaban J connectivity index is 1.27. The number of pyridine rings is 1. The van der Waals surface area contributed by atoms with Crippen LogP contribution in [0, 0.1) is 6.92 Å². The zero-order valence-electron chi connectivity index (χ0n) is 21.0. The molecule has 37 heavy (non-hydrogen) atoms. The molecule has 0 amide bonds. The second-order valence-corrected chi connectivity index (χ2v) is 12.1. The van der Waals surface area contributed by atoms with Gasteiger partial charge in [0, 0.05) is 45.0 Å². The highest BCUT2D eigenvalue weighted by Gasteiger charge is 2.41. The molecule has 1 N–H and O–H groups in total. The molecule has 1 saturated carbocycles. The molecule has 0 spiro atoms. The number of hydrogen-bond acceptors (Lipinski definition) is 8. The molecule has 1 aliphatic heterocycles. The summed E-state index contributed by atoms with van der Waals surface area (Å²) >= 11 is 0. The maximum absolute atomic E-state index is 13.2. The van der Waals surface area contributed by atoms with Gasteiger partial charge >= 0.3 is 5.69 Å². The minimum absolute atomic E-state index is 0.133. The number of fused-ring (bicyclic) bond motifs is 1. The number of anilines is 2. The van der Waals surface area contributed by atoms with Gasteiger partial charge in [0.2, 0.25) is 16.0 Å². The molecular formula is C24H29N9O3S. The maximum atomic E-state index is 13.2. The number of imidazole rings is 1. The number of piperidine rings is 1. The maximum Gasteiger partial charge on any atom is 0.330 e. The topological polar surface area (TPSA) is 133 Å². The highest BCUT2D eigenvalue weighted by molar-refractivity contribution is 7.90. The summed E-state index contributed by atoms with van der Waals surface area (Å²) in [5.41, 5.74) is 4.46. The first-order valence-corrected chi connectivity index (χ1v) is 13.9. The average molecular weight is 524 g/mol. The van der Waals surface area contributed by atoms with Crippen molar-refractivity contribution in [2.75, 3.05) is 18.4 Å². The first kappa shape index (κ1) is 23.8. The summed E-state index contributed by atoms with van der Waals surface area (Å²) in [6, 6.07) is 1.84. The Hall–Kier alpha value is -3.58. The zero-order valence-corrected chi connectivity index (χ0v) is 21.8. The number of aryl methyl sites for hydroxylation is 3. The predicted octanol–water partition coefficient (Wildman–Crippen LogP) is 2.11. The van der Waals surface area contributed by atoms with Crippen LogP contribution >= 0.6 is 0 Å². The molecule has 2 fully saturated rings. The molecule has 4 aromatic heterocycles. The molecular weight excluding hydrogens is 494 g/mol. The van der Waals surface area contributed by atoms with Gasteiger partial charge in [-0.3, -0.25) is 18.8 Å². The van der Waals surface area contributed by atoms with Crippen molar-refractivity contribution >= 4 is 32.8 Å². The van der Waals surface area contributed by atoms with Gasteiger partial charge in [-0.15, -0.1) is 0 Å². The Labute approximate surface area is 214 Å². The molecule has 1 saturated heterocycles. The van der Waals surface area contributed by atoms with Crippen molar-refractivity contribution in [3.63, 3.8) is 0 Å². The summed E-state index contributed by atoms with van der Waals surface area (Å²) in [7, 11) is 0.355. The van der Waals surface area contributed by atoms with Crippen LogP contribution < -0.4 is 11.0 Å². The molecule has 2 aliphatic rings. The standard InChI is InChI=1S/C24H29N9O3S/c1-15-10-19(16-11-27-30(2)14-16)25-12-20(15)28-23-26-13-21-22(29-23)33(24(34)31(21)3)17-6-8-32(9-7-17)37(35,36)18-4-5-18/h10-14,17-18H,4-9H2,1-3H3,(H,26,28,29). The second kappa shape index (κ2) is 8.77. The van der Waals surface area contributed by atoms with Gasteiger partial charge in [-0.2, -0.15) is 10.1 Å². The zero-order chi connectivity index (χ0) is 25.9. The lowest BCUT2D eigenvalue weighted by Crippen LogP contribution is -2.42. The molecule has 5 heterocycles. The van der Waals surface area contributed by atoms with E-state index in [1.165, 1.54) is 0 Å². The molecule has 0 unspecified atom stereocenters. The van der Waals surface area contributed by atoms with E-state index in [0.29, 0.717) is 43.0 Å². The minimum atomic E-state index is -3.21. The van der Waals surface area contributed by atoms with E-state index >= 15 is 0 Å². The Bertz CT molecular complexity index is 1660. The highest BCUT2D eigenvalue weighted by Crippen LogP contribution is 2.34. The molecule has 0 aromatic carbocycles. The Morgan fingerprint density at radius 1 is 1.03 bits per heavy atom. The normalized spacial score (nSPS) is 17.5. The van der Waals surface area contributed by atoms with Crippen LogP contribution in [0.2, 0.25) is 0 Å². The van der Waals surface area contributed by atoms with Gasteiger partial charge in [0.1, 0.15) is 5.52 Å². The summed E-state index contributed by atoms with van der Waals surface area (Å²) in [6.07, 6.45) is 9.69. The van der Waals surface area contributed by atoms with Crippen LogP contribution in [-0.4, -0.2) is 64.9 Å². The number of hydrogen-bond donors (Lipinski definition) is 1. The van der Waals surface area contributed by atoms with Gasteiger partial charge in [-0.05, 0) is 44.2 Å². The van der Waals surface area contributed by atoms with Gasteiger partial charge in [-0.1, -0.05) is 0 Å². The molecule has 12 nitrogen and oxygen atoms in total. The van der Waals surface area contributed by atoms with Gasteiger partial charge in [0.15, 0.2) is 5.65 Å². The van der Waals surface area contributed by atoms with E-state index in [-0.39, 0.29) is 17.0 Å². The van der Waals surface area contributed by atoms with Crippen molar-refractivity contribution < 1.29 is 8.42 Å². The summed E-state index contributed by atoms with van der Waals surface area (Å²) in [5, 5.41) is 7.22. The van der Waals surface area contributed by atoms with Gasteiger partial charge in [-0.25, -0.2) is 22.5 Å². The van der Waals surface area contributed by atoms with Crippen LogP contribution in [0.1, 0.15) is 37.3 Å². The Kier molecular flexibility index (Phi) is 5.64. The van der Waals surface area contributed by atoms with Crippen molar-refractivity contribution in [3.05, 3.63) is 46.9 Å². The number of nitrogens with one attached hydrogen (secondary N) is 1. The third kappa shape index (κ3) is 4.21. The van der Waals surface area contributed by atoms with Gasteiger partial charge in [0.05, 0.1) is 35.2 Å². The second-order valence-electron chi connectivity index (χ2n) is 9.90. The monoisotopic (exact) mass is 523 g/mol. The van der Waals surface area contributed by atoms with Crippen LogP contribution in [0.4, 0.5) is 11.6 Å². The van der Waals surface area contributed by atoms with Crippen LogP contribution in [0.15, 0.2) is 35.6 Å². The van der Waals surface area contributed by atoms with Crippen molar-refractivity contribution in [3.8, 4) is 11.3 Å². The van der Waals surface area contributed by atoms with E-state index in [1.807, 2.05) is 26.2 Å². The highest BCUT2D eigenvalue weighted by atomic mass is 32.2. The molecule has 0 atom stereocenters. The lowest BCUT2D eigenvalue weighted by atomic mass is 10.1. The largest absolute Gasteiger partial charge is 0.330 e. The van der Waals surface area contributed by atoms with E-state index in [1.54, 1.807) is 43.8 Å². The SMILES string of the molecule is Cc1cc(-c2cnn(C)c2)ncc1Nc1ncc2c(n1)n(C1CCN(S(=O)(=O)C3CC3)CC1)c(=O)n2C. The van der Waals surface area contributed by atoms with Crippen LogP contribution in [0.3, 0.4) is 0 Å². The predicted molar refractivity (Wildman–Crippen MR) is 139 cm³/mol. The number of aromatic nitrogens is 7. The number of rotatable bonds is 6. The van der Waals surface area contributed by atoms with Crippen molar-refractivity contribution in [1.29, 1.82) is 0 Å². The Morgan fingerprint density at radius 2 is 1.78 bits per heavy atom. The van der Waals surface area contributed by atoms with Gasteiger partial charge < -0.3 is 5.32 Å². The fraction of sp³-hybridized carbons (Fsp3) is 0.458. The van der Waals surface area contributed by atoms with Crippen molar-refractivity contribution in [1.82, 2.24) is 38.2 Å². The molecule has 0 radical (unpaired) electrons. The average Bonchev–Trinajstić information content (AvgIpc) is 3.62. The van der Waals surface area contributed by atoms with E-state index in [0.717, 1.165) is 35.3 Å². The summed E-state index contributed by atoms with van der Waals surface area (Å²) < 4.78 is 31.8. The minimum Gasteiger partial charge on any atom is -0.323 e. The van der Waals surface area contributed by atoms with Crippen LogP contribution in [-0.2, 0) is 24.1 Å². The van der Waals surface area contributed by atoms with Crippen LogP contribution in [0.25, 0.3) is 22.4 Å². The first-order chi connectivity index (χ1) is 17.7. The van der Waals surface area contributed by atoms with Gasteiger partial charge in [0.25, 0.3) is 0 Å². The molecule has 6 rings (SSSR count). The summed E-state index contributed by atoms with van der Waals surface area (Å²) in [6.45, 7) is 2.80. The third-order valence-electron chi connectivity index (χ3n) is 7.28. The number of nitrogens with zero attached hydrogens (tertiary/aromatic N) is 8. The Morgan fingerprint density at radius 3 is 2.43 bits per heavy atom. The van der Waals surface area contributed by atoms with E-state index in [4.69, 9.17) is 4.98 Å². The smallest absolute Gasteiger partial charge is 0.323 e. The van der Waals surface area contributed by atoms with Crippen molar-refractivity contribution in [2.45, 2.75) is 43.9 Å². The third-order valence-corrected chi connectivity index (χ3v) is 9.68. The quantitative estimate of drug-likeness (QED) is 0.406. The van der Waals surface area contributed by atoms with E-state index in [2.05, 4.69) is 20.4 Å². The lowest BCUT2D eigenvalue weighted by Gasteiger charge is -2.31. The van der Waals surface area contributed by atoms with E-state index < -0.39 is 10.0 Å². The summed E-state index contributed by atoms with van der Waals surface area (Å²) in [5.74, 6) is 0.361. The van der Waals surface area contributed by atoms with Crippen LogP contribution in [0.5, 0.6) is 0 Å². The molecule has 4 aromatic rings. The fourth-order valence-corrected chi connectivity index (χ4v) is 6.85. The molecule has 1 aliphatic carbocycles.